The number of benzene rings is 7. The average Bonchev–Trinajstić information content (AvgIpc) is 1.59. The molecule has 3 atom stereocenters. The van der Waals surface area contributed by atoms with Crippen LogP contribution in [0.4, 0.5) is 0 Å². The molecule has 0 aliphatic carbocycles. The van der Waals surface area contributed by atoms with Crippen molar-refractivity contribution in [1.82, 2.24) is 0 Å². The summed E-state index contributed by atoms with van der Waals surface area (Å²) in [5, 5.41) is 38.2. The monoisotopic (exact) mass is 2170 g/mol. The van der Waals surface area contributed by atoms with Crippen LogP contribution in [0.3, 0.4) is 0 Å². The summed E-state index contributed by atoms with van der Waals surface area (Å²) in [6, 6.07) is 59.5. The van der Waals surface area contributed by atoms with Crippen LogP contribution in [0, 0.1) is 0 Å². The number of aromatic nitrogens is 7. The molecule has 147 heavy (non-hydrogen) atoms. The van der Waals surface area contributed by atoms with E-state index in [4.69, 9.17) is 0 Å². The molecule has 0 saturated carbocycles. The number of nitrogens with zero attached hydrogens (tertiary/aromatic N) is 7. The molecule has 3 unspecified atom stereocenters. The molecule has 0 saturated heterocycles. The SMILES string of the molecule is C.C.C.C.C.C.C.C.C.C.C.C.C.C.C.C.C.CCc1c2cc3c(cc2cc[n+]1C)CC[Si]3(C)C.CCc1c2cc3c(cc2cc[n+]1C)[Si](C)(C)CC3.CCc1c2cc3c(cc2cc[n+]1C)[Si](C)(C)CC[SiH]3C.CCc1c2cc3c(cc2cc[n+]1C)[Si](C)(C)C[Si]3(C)C.CCc1c2ccc3c(c2cc[n+]1C)CC[SiH]3C.CCc1c2ccc3c(c2cc[n+]1C)[Si](C)(C)CC3.CCc1c2ccc3c(c2cc[n+]1C)[Si](C)(C)C[SiH]3C. The second kappa shape index (κ2) is 55.9. The van der Waals surface area contributed by atoms with Gasteiger partial charge in [0.1, 0.15) is 49.3 Å². The highest BCUT2D eigenvalue weighted by molar-refractivity contribution is 7.14. The highest BCUT2D eigenvalue weighted by Gasteiger charge is 2.46. The zero-order valence-corrected chi connectivity index (χ0v) is 96.9. The van der Waals surface area contributed by atoms with E-state index >= 15 is 0 Å². The zero-order chi connectivity index (χ0) is 93.7. The van der Waals surface area contributed by atoms with Crippen molar-refractivity contribution in [1.29, 1.82) is 0 Å². The molecule has 7 aliphatic rings. The van der Waals surface area contributed by atoms with E-state index < -0.39 is 82.9 Å². The van der Waals surface area contributed by atoms with Crippen molar-refractivity contribution in [2.24, 2.45) is 49.3 Å². The normalized spacial score (nSPS) is 16.6. The number of fused-ring (bicyclic) bond motifs is 17. The Hall–Kier alpha value is -7.42. The Labute approximate surface area is 921 Å². The fourth-order valence-corrected chi connectivity index (χ4v) is 74.2. The van der Waals surface area contributed by atoms with Crippen LogP contribution in [0.2, 0.25) is 159 Å². The van der Waals surface area contributed by atoms with Gasteiger partial charge in [-0.15, -0.1) is 0 Å². The van der Waals surface area contributed by atoms with Crippen molar-refractivity contribution in [3.05, 3.63) is 233 Å². The van der Waals surface area contributed by atoms with E-state index in [-0.39, 0.29) is 126 Å². The van der Waals surface area contributed by atoms with Crippen LogP contribution in [0.5, 0.6) is 0 Å². The fraction of sp³-hybridized carbons (Fsp3) is 0.515. The second-order valence-corrected chi connectivity index (χ2v) is 88.8. The lowest BCUT2D eigenvalue weighted by Crippen LogP contribution is -2.58. The van der Waals surface area contributed by atoms with Crippen molar-refractivity contribution in [2.45, 2.75) is 404 Å². The number of hydrogen-bond donors (Lipinski definition) is 0. The lowest BCUT2D eigenvalue weighted by atomic mass is 10.0. The van der Waals surface area contributed by atoms with Gasteiger partial charge in [-0.05, 0) is 151 Å². The van der Waals surface area contributed by atoms with Gasteiger partial charge in [0, 0.05) is 125 Å². The largest absolute Gasteiger partial charge is 0.205 e. The molecular formula is C130H230N7Si10+7. The van der Waals surface area contributed by atoms with E-state index in [0.29, 0.717) is 0 Å². The number of hydrogen-bond acceptors (Lipinski definition) is 0. The molecule has 818 valence electrons. The minimum Gasteiger partial charge on any atom is -0.205 e. The number of rotatable bonds is 7. The summed E-state index contributed by atoms with van der Waals surface area (Å²) in [5.74, 6) is 0. The maximum atomic E-state index is 2.58. The molecule has 7 aromatic carbocycles. The summed E-state index contributed by atoms with van der Waals surface area (Å²) in [5.41, 5.74) is 19.9. The smallest absolute Gasteiger partial charge is 0.188 e. The van der Waals surface area contributed by atoms with Crippen LogP contribution in [0.15, 0.2) is 171 Å². The maximum absolute atomic E-state index is 2.58. The molecular weight excluding hydrogens is 1940 g/mol. The first-order valence-corrected chi connectivity index (χ1v) is 80.7. The lowest BCUT2D eigenvalue weighted by molar-refractivity contribution is -0.677. The van der Waals surface area contributed by atoms with E-state index in [1.165, 1.54) is 177 Å². The Morgan fingerprint density at radius 2 is 0.524 bits per heavy atom. The van der Waals surface area contributed by atoms with Crippen LogP contribution >= 0.6 is 0 Å². The summed E-state index contributed by atoms with van der Waals surface area (Å²) in [6.07, 6.45) is 28.6. The molecule has 14 heterocycles. The zero-order valence-electron chi connectivity index (χ0n) is 86.5. The minimum absolute atomic E-state index is 0. The summed E-state index contributed by atoms with van der Waals surface area (Å²) in [6.45, 7) is 59.0. The topological polar surface area (TPSA) is 27.2 Å². The molecule has 0 bridgehead atoms. The summed E-state index contributed by atoms with van der Waals surface area (Å²) in [4.78, 5) is 0. The van der Waals surface area contributed by atoms with Gasteiger partial charge in [-0.2, -0.15) is 0 Å². The van der Waals surface area contributed by atoms with Crippen LogP contribution in [-0.2, 0) is 120 Å². The van der Waals surface area contributed by atoms with Crippen LogP contribution < -0.4 is 83.8 Å². The van der Waals surface area contributed by atoms with Gasteiger partial charge in [-0.25, -0.2) is 32.0 Å². The fourth-order valence-electron chi connectivity index (χ4n) is 25.9. The third-order valence-electron chi connectivity index (χ3n) is 33.2. The summed E-state index contributed by atoms with van der Waals surface area (Å²) >= 11 is 0. The third kappa shape index (κ3) is 27.5. The number of aryl methyl sites for hydroxylation is 18. The van der Waals surface area contributed by atoms with Gasteiger partial charge < -0.3 is 0 Å². The maximum Gasteiger partial charge on any atom is 0.188 e. The molecule has 7 aromatic heterocycles. The Bertz CT molecular complexity index is 6750. The molecule has 7 aliphatic heterocycles. The third-order valence-corrected chi connectivity index (χ3v) is 74.5. The predicted molar refractivity (Wildman–Crippen MR) is 707 cm³/mol. The molecule has 21 rings (SSSR count). The molecule has 0 fully saturated rings. The molecule has 14 aromatic rings. The van der Waals surface area contributed by atoms with Crippen LogP contribution in [0.1, 0.15) is 237 Å². The van der Waals surface area contributed by atoms with Gasteiger partial charge in [0.25, 0.3) is 0 Å². The lowest BCUT2D eigenvalue weighted by Gasteiger charge is -2.34. The van der Waals surface area contributed by atoms with Gasteiger partial charge >= 0.3 is 0 Å². The van der Waals surface area contributed by atoms with Crippen molar-refractivity contribution < 1.29 is 32.0 Å². The summed E-state index contributed by atoms with van der Waals surface area (Å²) < 4.78 is 16.0. The van der Waals surface area contributed by atoms with E-state index in [0.717, 1.165) is 44.9 Å². The Morgan fingerprint density at radius 1 is 0.224 bits per heavy atom. The second-order valence-electron chi connectivity index (χ2n) is 45.3. The standard InChI is InChI=1S/2C17H26NSi2.C16H24NSi2.3C16H22NSi.C15H20NSi.17CH4/c1-7-15-14-11-17-16(10-13(14)8-9-18(15)2)19(3,4)12-20(17,5)6;1-6-15-14-12-16-17(11-13(14)7-8-18(15)2)20(4,5)10-9-19(16)3;1-6-14-12-7-8-15-16(13(12)9-10-17(14)2)19(4,5)11-18(15)3;1-5-15-14-10-13-7-9-18(3,4)16(13)11-12(14)6-8-17(15)2;1-5-15-14-11-16-13(7-9-18(16,3)4)10-12(14)6-8-17(15)2;1-5-15-13-7-6-12-9-11-18(3,4)16(12)14(13)8-10-17(15)2;1-4-14-12-5-6-15-13(8-10-17(15)3)11(12)7-9-16(14)2;;;;;;;;;;;;;;;;;/h8-11H,7,12H2,1-6H3;7-8,11-12,19H,6,9-10H2,1-5H3;7-10,18H,6,11H2,1-5H3;2*6,8,10-11H,5,7,9H2,1-4H3;6-8,10H,5,9,11H2,1-4H3;5-7,9,17H,4,8,10H2,1-3H3;17*1H4/q7*+1;;;;;;;;;;;;;;;;;. The van der Waals surface area contributed by atoms with Gasteiger partial charge in [0.2, 0.25) is 0 Å². The molecule has 0 spiro atoms. The Morgan fingerprint density at radius 3 is 0.952 bits per heavy atom. The van der Waals surface area contributed by atoms with Gasteiger partial charge in [-0.3, -0.25) is 0 Å². The summed E-state index contributed by atoms with van der Waals surface area (Å²) in [7, 11) is 4.95. The van der Waals surface area contributed by atoms with E-state index in [2.05, 4.69) is 412 Å². The van der Waals surface area contributed by atoms with E-state index in [1.807, 2.05) is 0 Å². The van der Waals surface area contributed by atoms with Crippen LogP contribution in [0.25, 0.3) is 75.4 Å². The Kier molecular flexibility index (Phi) is 54.7. The highest BCUT2D eigenvalue weighted by atomic mass is 28.4. The van der Waals surface area contributed by atoms with Crippen molar-refractivity contribution in [3.8, 4) is 0 Å². The van der Waals surface area contributed by atoms with E-state index in [1.54, 1.807) is 85.2 Å². The Balaban J connectivity index is -0.00000162. The van der Waals surface area contributed by atoms with Gasteiger partial charge in [0.15, 0.2) is 83.2 Å². The van der Waals surface area contributed by atoms with E-state index in [9.17, 15) is 0 Å². The quantitative estimate of drug-likeness (QED) is 0.112. The molecule has 0 radical (unpaired) electrons. The predicted octanol–water partition coefficient (Wildman–Crippen LogP) is 27.3. The molecule has 0 N–H and O–H groups in total. The van der Waals surface area contributed by atoms with Crippen molar-refractivity contribution in [3.63, 3.8) is 0 Å². The molecule has 0 amide bonds. The number of pyridine rings is 7. The first-order valence-electron chi connectivity index (χ1n) is 50.6. The van der Waals surface area contributed by atoms with Crippen molar-refractivity contribution in [2.75, 3.05) is 0 Å². The van der Waals surface area contributed by atoms with Crippen LogP contribution in [-0.4, -0.2) is 82.9 Å². The minimum atomic E-state index is -1.21. The first kappa shape index (κ1) is 144. The highest BCUT2D eigenvalue weighted by Crippen LogP contribution is 2.36. The average molecular weight is 2170 g/mol. The van der Waals surface area contributed by atoms with Gasteiger partial charge in [0.05, 0.1) is 82.9 Å². The molecule has 17 heteroatoms. The van der Waals surface area contributed by atoms with Crippen molar-refractivity contribution >= 4 is 210 Å². The molecule has 7 nitrogen and oxygen atoms in total. The van der Waals surface area contributed by atoms with Gasteiger partial charge in [-0.1, -0.05) is 405 Å². The first-order chi connectivity index (χ1) is 61.5.